The van der Waals surface area contributed by atoms with Crippen LogP contribution in [0.5, 0.6) is 0 Å². The molecule has 2 N–H and O–H groups in total. The molecule has 0 bridgehead atoms. The molecule has 0 fully saturated rings. The van der Waals surface area contributed by atoms with E-state index in [0.717, 1.165) is 16.8 Å². The summed E-state index contributed by atoms with van der Waals surface area (Å²) in [5.41, 5.74) is 8.34. The first-order valence-corrected chi connectivity index (χ1v) is 9.98. The number of hydrogen-bond acceptors (Lipinski definition) is 4. The fraction of sp³-hybridized carbons (Fsp3) is 0.294. The van der Waals surface area contributed by atoms with Crippen LogP contribution in [0.25, 0.3) is 0 Å². The van der Waals surface area contributed by atoms with Crippen molar-refractivity contribution in [3.8, 4) is 0 Å². The molecule has 2 atom stereocenters. The molecule has 0 radical (unpaired) electrons. The predicted molar refractivity (Wildman–Crippen MR) is 102 cm³/mol. The van der Waals surface area contributed by atoms with Crippen LogP contribution in [0.1, 0.15) is 29.0 Å². The SMILES string of the molecule is Cc1ccc(C(C)S(C)(=O)=N/C(N)=N\OCc2ccc(Cl)cc2)cn1. The number of aromatic nitrogens is 1. The van der Waals surface area contributed by atoms with Crippen molar-refractivity contribution in [1.29, 1.82) is 0 Å². The molecule has 25 heavy (non-hydrogen) atoms. The van der Waals surface area contributed by atoms with Crippen LogP contribution in [-0.2, 0) is 21.2 Å². The molecule has 0 aliphatic rings. The number of oxime groups is 1. The zero-order chi connectivity index (χ0) is 18.4. The Morgan fingerprint density at radius 3 is 2.60 bits per heavy atom. The minimum atomic E-state index is -2.64. The highest BCUT2D eigenvalue weighted by atomic mass is 35.5. The Balaban J connectivity index is 2.06. The number of halogens is 1. The van der Waals surface area contributed by atoms with E-state index in [2.05, 4.69) is 14.5 Å². The number of benzene rings is 1. The van der Waals surface area contributed by atoms with E-state index in [4.69, 9.17) is 22.2 Å². The molecule has 2 unspecified atom stereocenters. The van der Waals surface area contributed by atoms with Crippen LogP contribution in [-0.4, -0.2) is 21.4 Å². The summed E-state index contributed by atoms with van der Waals surface area (Å²) in [4.78, 5) is 9.38. The molecular weight excluding hydrogens is 360 g/mol. The lowest BCUT2D eigenvalue weighted by molar-refractivity contribution is 0.130. The van der Waals surface area contributed by atoms with Crippen molar-refractivity contribution in [1.82, 2.24) is 4.98 Å². The van der Waals surface area contributed by atoms with Gasteiger partial charge in [0.15, 0.2) is 0 Å². The van der Waals surface area contributed by atoms with Gasteiger partial charge in [-0.3, -0.25) is 4.98 Å². The Morgan fingerprint density at radius 2 is 2.00 bits per heavy atom. The maximum Gasteiger partial charge on any atom is 0.265 e. The van der Waals surface area contributed by atoms with Gasteiger partial charge in [-0.05, 0) is 48.3 Å². The van der Waals surface area contributed by atoms with Crippen LogP contribution in [0.2, 0.25) is 5.02 Å². The van der Waals surface area contributed by atoms with Crippen LogP contribution in [0.4, 0.5) is 0 Å². The first-order valence-electron chi connectivity index (χ1n) is 7.61. The van der Waals surface area contributed by atoms with Crippen molar-refractivity contribution in [3.05, 3.63) is 64.4 Å². The van der Waals surface area contributed by atoms with E-state index < -0.39 is 9.73 Å². The second kappa shape index (κ2) is 8.31. The van der Waals surface area contributed by atoms with Crippen molar-refractivity contribution in [2.75, 3.05) is 6.26 Å². The standard InChI is InChI=1S/C17H21ClN4O2S/c1-12-4-7-15(10-20-12)13(2)25(3,23)22-17(19)21-24-11-14-5-8-16(18)9-6-14/h4-10,13H,11H2,1-3H3,(H2,19,21). The van der Waals surface area contributed by atoms with Crippen LogP contribution >= 0.6 is 11.6 Å². The third kappa shape index (κ3) is 5.72. The average Bonchev–Trinajstić information content (AvgIpc) is 2.56. The molecule has 2 rings (SSSR count). The Hall–Kier alpha value is -2.12. The van der Waals surface area contributed by atoms with Crippen molar-refractivity contribution < 1.29 is 9.05 Å². The monoisotopic (exact) mass is 380 g/mol. The fourth-order valence-electron chi connectivity index (χ4n) is 2.01. The summed E-state index contributed by atoms with van der Waals surface area (Å²) in [6.07, 6.45) is 3.24. The maximum atomic E-state index is 12.8. The number of aryl methyl sites for hydroxylation is 1. The molecule has 1 aromatic heterocycles. The lowest BCUT2D eigenvalue weighted by atomic mass is 10.2. The van der Waals surface area contributed by atoms with Gasteiger partial charge in [-0.1, -0.05) is 29.8 Å². The molecule has 0 amide bonds. The minimum Gasteiger partial charge on any atom is -0.388 e. The van der Waals surface area contributed by atoms with Gasteiger partial charge in [-0.25, -0.2) is 4.21 Å². The topological polar surface area (TPSA) is 89.9 Å². The molecule has 0 aliphatic heterocycles. The molecule has 2 aromatic rings. The molecule has 1 heterocycles. The van der Waals surface area contributed by atoms with E-state index in [9.17, 15) is 4.21 Å². The van der Waals surface area contributed by atoms with Crippen molar-refractivity contribution >= 4 is 27.3 Å². The van der Waals surface area contributed by atoms with Crippen molar-refractivity contribution in [3.63, 3.8) is 0 Å². The van der Waals surface area contributed by atoms with E-state index in [0.29, 0.717) is 5.02 Å². The summed E-state index contributed by atoms with van der Waals surface area (Å²) in [6.45, 7) is 3.93. The van der Waals surface area contributed by atoms with E-state index in [1.54, 1.807) is 24.6 Å². The van der Waals surface area contributed by atoms with Gasteiger partial charge in [0, 0.05) is 23.2 Å². The smallest absolute Gasteiger partial charge is 0.265 e. The molecule has 6 nitrogen and oxygen atoms in total. The maximum absolute atomic E-state index is 12.8. The molecule has 8 heteroatoms. The number of hydrogen-bond donors (Lipinski definition) is 1. The third-order valence-corrected chi connectivity index (χ3v) is 6.02. The Kier molecular flexibility index (Phi) is 6.39. The highest BCUT2D eigenvalue weighted by molar-refractivity contribution is 7.93. The quantitative estimate of drug-likeness (QED) is 0.487. The summed E-state index contributed by atoms with van der Waals surface area (Å²) >= 11 is 5.82. The fourth-order valence-corrected chi connectivity index (χ4v) is 3.34. The Morgan fingerprint density at radius 1 is 1.32 bits per heavy atom. The predicted octanol–water partition coefficient (Wildman–Crippen LogP) is 3.65. The second-order valence-corrected chi connectivity index (χ2v) is 8.73. The van der Waals surface area contributed by atoms with Crippen LogP contribution in [0.15, 0.2) is 52.1 Å². The molecule has 1 aromatic carbocycles. The summed E-state index contributed by atoms with van der Waals surface area (Å²) in [5, 5.41) is 4.02. The summed E-state index contributed by atoms with van der Waals surface area (Å²) in [5.74, 6) is -0.159. The lowest BCUT2D eigenvalue weighted by Crippen LogP contribution is -2.16. The number of nitrogens with zero attached hydrogens (tertiary/aromatic N) is 3. The van der Waals surface area contributed by atoms with Crippen LogP contribution in [0.3, 0.4) is 0 Å². The Bertz CT molecular complexity index is 857. The number of guanidine groups is 1. The lowest BCUT2D eigenvalue weighted by Gasteiger charge is -2.13. The van der Waals surface area contributed by atoms with Gasteiger partial charge >= 0.3 is 0 Å². The second-order valence-electron chi connectivity index (χ2n) is 5.68. The normalized spacial score (nSPS) is 15.3. The highest BCUT2D eigenvalue weighted by Gasteiger charge is 2.17. The van der Waals surface area contributed by atoms with Gasteiger partial charge in [-0.2, -0.15) is 4.36 Å². The molecule has 0 aliphatic carbocycles. The summed E-state index contributed by atoms with van der Waals surface area (Å²) < 4.78 is 16.9. The van der Waals surface area contributed by atoms with Crippen LogP contribution in [0, 0.1) is 6.92 Å². The van der Waals surface area contributed by atoms with Crippen molar-refractivity contribution in [2.24, 2.45) is 15.3 Å². The average molecular weight is 381 g/mol. The number of nitrogens with two attached hydrogens (primary N) is 1. The first-order chi connectivity index (χ1) is 11.8. The summed E-state index contributed by atoms with van der Waals surface area (Å²) in [6, 6.07) is 10.9. The van der Waals surface area contributed by atoms with Gasteiger partial charge in [0.2, 0.25) is 0 Å². The minimum absolute atomic E-state index is 0.159. The zero-order valence-electron chi connectivity index (χ0n) is 14.3. The Labute approximate surface area is 153 Å². The van der Waals surface area contributed by atoms with E-state index in [1.807, 2.05) is 38.1 Å². The molecule has 134 valence electrons. The largest absolute Gasteiger partial charge is 0.388 e. The molecule has 0 spiro atoms. The number of pyridine rings is 1. The zero-order valence-corrected chi connectivity index (χ0v) is 15.9. The van der Waals surface area contributed by atoms with Crippen molar-refractivity contribution in [2.45, 2.75) is 25.7 Å². The first kappa shape index (κ1) is 19.2. The molecule has 0 saturated heterocycles. The number of rotatable bonds is 5. The van der Waals surface area contributed by atoms with Gasteiger partial charge in [0.1, 0.15) is 6.61 Å². The van der Waals surface area contributed by atoms with Gasteiger partial charge < -0.3 is 10.6 Å². The van der Waals surface area contributed by atoms with E-state index in [1.165, 1.54) is 0 Å². The molecule has 0 saturated carbocycles. The van der Waals surface area contributed by atoms with Gasteiger partial charge in [0.05, 0.1) is 15.0 Å². The third-order valence-electron chi connectivity index (χ3n) is 3.64. The molecular formula is C17H21ClN4O2S. The van der Waals surface area contributed by atoms with E-state index in [-0.39, 0.29) is 17.8 Å². The van der Waals surface area contributed by atoms with E-state index >= 15 is 0 Å². The van der Waals surface area contributed by atoms with Gasteiger partial charge in [0.25, 0.3) is 5.96 Å². The van der Waals surface area contributed by atoms with Gasteiger partial charge in [-0.15, -0.1) is 0 Å². The highest BCUT2D eigenvalue weighted by Crippen LogP contribution is 2.22. The summed E-state index contributed by atoms with van der Waals surface area (Å²) in [7, 11) is -2.64. The van der Waals surface area contributed by atoms with Crippen LogP contribution < -0.4 is 5.73 Å².